The third kappa shape index (κ3) is 6.69. The highest BCUT2D eigenvalue weighted by Gasteiger charge is 2.39. The molecule has 0 unspecified atom stereocenters. The van der Waals surface area contributed by atoms with Gasteiger partial charge in [-0.15, -0.1) is 0 Å². The maximum absolute atomic E-state index is 3.99. The van der Waals surface area contributed by atoms with Gasteiger partial charge in [-0.3, -0.25) is 0 Å². The lowest BCUT2D eigenvalue weighted by Crippen LogP contribution is -2.32. The molecule has 0 aliphatic carbocycles. The Balaban J connectivity index is 0.00000291. The van der Waals surface area contributed by atoms with Crippen molar-refractivity contribution < 1.29 is 0 Å². The zero-order valence-corrected chi connectivity index (χ0v) is 19.2. The van der Waals surface area contributed by atoms with Crippen LogP contribution in [0.5, 0.6) is 0 Å². The van der Waals surface area contributed by atoms with Gasteiger partial charge >= 0.3 is 0 Å². The lowest BCUT2D eigenvalue weighted by Gasteiger charge is -2.38. The quantitative estimate of drug-likeness (QED) is 0.379. The van der Waals surface area contributed by atoms with Crippen molar-refractivity contribution in [3.8, 4) is 0 Å². The summed E-state index contributed by atoms with van der Waals surface area (Å²) >= 11 is 0. The Morgan fingerprint density at radius 1 is 0.677 bits per heavy atom. The minimum Gasteiger partial charge on any atom is -0.0991 e. The van der Waals surface area contributed by atoms with Crippen molar-refractivity contribution >= 4 is 0 Å². The molecule has 2 aromatic carbocycles. The highest BCUT2D eigenvalue weighted by atomic mass is 14.4. The van der Waals surface area contributed by atoms with E-state index in [9.17, 15) is 0 Å². The molecular formula is C31H40. The molecule has 0 nitrogen and oxygen atoms in total. The van der Waals surface area contributed by atoms with Crippen molar-refractivity contribution in [1.29, 1.82) is 0 Å². The van der Waals surface area contributed by atoms with Crippen LogP contribution >= 0.6 is 0 Å². The van der Waals surface area contributed by atoms with E-state index in [1.165, 1.54) is 22.3 Å². The molecule has 0 N–H and O–H groups in total. The second-order valence-corrected chi connectivity index (χ2v) is 6.49. The molecule has 0 aromatic heterocycles. The molecule has 0 heteroatoms. The van der Waals surface area contributed by atoms with Crippen LogP contribution in [-0.2, 0) is 5.41 Å². The molecule has 164 valence electrons. The summed E-state index contributed by atoms with van der Waals surface area (Å²) in [5.74, 6) is 0. The van der Waals surface area contributed by atoms with E-state index < -0.39 is 5.41 Å². The second-order valence-electron chi connectivity index (χ2n) is 6.49. The molecule has 0 bridgehead atoms. The van der Waals surface area contributed by atoms with Crippen LogP contribution in [-0.4, -0.2) is 0 Å². The van der Waals surface area contributed by atoms with Crippen LogP contribution in [0.3, 0.4) is 0 Å². The first kappa shape index (κ1) is 27.9. The monoisotopic (exact) mass is 412 g/mol. The highest BCUT2D eigenvalue weighted by molar-refractivity contribution is 5.63. The molecule has 0 radical (unpaired) electrons. The van der Waals surface area contributed by atoms with E-state index in [1.807, 2.05) is 26.8 Å². The summed E-state index contributed by atoms with van der Waals surface area (Å²) in [6, 6.07) is 21.4. The largest absolute Gasteiger partial charge is 0.0991 e. The van der Waals surface area contributed by atoms with Crippen molar-refractivity contribution in [2.45, 2.75) is 47.5 Å². The van der Waals surface area contributed by atoms with Crippen LogP contribution in [0.2, 0.25) is 0 Å². The van der Waals surface area contributed by atoms with Gasteiger partial charge in [0.2, 0.25) is 0 Å². The predicted octanol–water partition coefficient (Wildman–Crippen LogP) is 9.40. The molecule has 2 aromatic rings. The Morgan fingerprint density at radius 3 is 1.45 bits per heavy atom. The first-order chi connectivity index (χ1) is 14.7. The number of hydrogen-bond donors (Lipinski definition) is 0. The fourth-order valence-electron chi connectivity index (χ4n) is 3.67. The zero-order valence-electron chi connectivity index (χ0n) is 19.2. The molecule has 0 heterocycles. The van der Waals surface area contributed by atoms with Gasteiger partial charge in [-0.05, 0) is 43.0 Å². The fraction of sp³-hybridized carbons (Fsp3) is 0.226. The SMILES string of the molecule is C.C=C/C=C(\C=C/C)C(C(/C=C\C)=C/C=C\C)(c1ccccc1)c1ccccc1.CC. The van der Waals surface area contributed by atoms with Crippen molar-refractivity contribution in [2.75, 3.05) is 0 Å². The minimum absolute atomic E-state index is 0. The second kappa shape index (κ2) is 15.7. The summed E-state index contributed by atoms with van der Waals surface area (Å²) in [5.41, 5.74) is 4.38. The van der Waals surface area contributed by atoms with E-state index in [4.69, 9.17) is 0 Å². The molecule has 0 fully saturated rings. The molecule has 0 aliphatic heterocycles. The number of rotatable bonds is 8. The van der Waals surface area contributed by atoms with E-state index >= 15 is 0 Å². The third-order valence-electron chi connectivity index (χ3n) is 4.74. The van der Waals surface area contributed by atoms with Crippen LogP contribution in [0.25, 0.3) is 0 Å². The van der Waals surface area contributed by atoms with Gasteiger partial charge in [-0.2, -0.15) is 0 Å². The molecule has 0 amide bonds. The number of benzene rings is 2. The van der Waals surface area contributed by atoms with Gasteiger partial charge in [0, 0.05) is 0 Å². The first-order valence-corrected chi connectivity index (χ1v) is 10.8. The average Bonchev–Trinajstić information content (AvgIpc) is 2.81. The van der Waals surface area contributed by atoms with E-state index in [0.29, 0.717) is 0 Å². The van der Waals surface area contributed by atoms with E-state index in [-0.39, 0.29) is 7.43 Å². The van der Waals surface area contributed by atoms with E-state index in [0.717, 1.165) is 0 Å². The van der Waals surface area contributed by atoms with Gasteiger partial charge in [-0.1, -0.05) is 143 Å². The first-order valence-electron chi connectivity index (χ1n) is 10.8. The molecule has 0 aliphatic rings. The van der Waals surface area contributed by atoms with Crippen molar-refractivity contribution in [3.63, 3.8) is 0 Å². The summed E-state index contributed by atoms with van der Waals surface area (Å²) in [6.07, 6.45) is 19.0. The molecule has 0 saturated carbocycles. The fourth-order valence-corrected chi connectivity index (χ4v) is 3.67. The van der Waals surface area contributed by atoms with Gasteiger partial charge in [0.25, 0.3) is 0 Å². The molecule has 0 saturated heterocycles. The minimum atomic E-state index is -0.449. The molecular weight excluding hydrogens is 372 g/mol. The van der Waals surface area contributed by atoms with Crippen molar-refractivity contribution in [2.24, 2.45) is 0 Å². The lowest BCUT2D eigenvalue weighted by atomic mass is 9.63. The van der Waals surface area contributed by atoms with Crippen molar-refractivity contribution in [3.05, 3.63) is 144 Å². The number of allylic oxidation sites excluding steroid dienone is 11. The van der Waals surface area contributed by atoms with Gasteiger partial charge in [0.15, 0.2) is 0 Å². The molecule has 31 heavy (non-hydrogen) atoms. The average molecular weight is 413 g/mol. The predicted molar refractivity (Wildman–Crippen MR) is 143 cm³/mol. The smallest absolute Gasteiger partial charge is 0.0701 e. The highest BCUT2D eigenvalue weighted by Crippen LogP contribution is 2.46. The van der Waals surface area contributed by atoms with Gasteiger partial charge < -0.3 is 0 Å². The van der Waals surface area contributed by atoms with Crippen LogP contribution < -0.4 is 0 Å². The van der Waals surface area contributed by atoms with Crippen LogP contribution in [0.15, 0.2) is 133 Å². The summed E-state index contributed by atoms with van der Waals surface area (Å²) < 4.78 is 0. The van der Waals surface area contributed by atoms with Crippen LogP contribution in [0.1, 0.15) is 53.2 Å². The van der Waals surface area contributed by atoms with Gasteiger partial charge in [0.05, 0.1) is 5.41 Å². The maximum atomic E-state index is 3.99. The topological polar surface area (TPSA) is 0 Å². The summed E-state index contributed by atoms with van der Waals surface area (Å²) in [7, 11) is 0. The summed E-state index contributed by atoms with van der Waals surface area (Å²) in [6.45, 7) is 14.2. The Bertz CT molecular complexity index is 848. The Labute approximate surface area is 191 Å². The van der Waals surface area contributed by atoms with Gasteiger partial charge in [0.1, 0.15) is 0 Å². The van der Waals surface area contributed by atoms with E-state index in [2.05, 4.69) is 130 Å². The Hall–Kier alpha value is -3.12. The van der Waals surface area contributed by atoms with Crippen molar-refractivity contribution in [1.82, 2.24) is 0 Å². The third-order valence-corrected chi connectivity index (χ3v) is 4.74. The Kier molecular flexibility index (Phi) is 14.1. The lowest BCUT2D eigenvalue weighted by molar-refractivity contribution is 0.742. The van der Waals surface area contributed by atoms with Gasteiger partial charge in [-0.25, -0.2) is 0 Å². The summed E-state index contributed by atoms with van der Waals surface area (Å²) in [4.78, 5) is 0. The van der Waals surface area contributed by atoms with Crippen LogP contribution in [0.4, 0.5) is 0 Å². The number of hydrogen-bond acceptors (Lipinski definition) is 0. The van der Waals surface area contributed by atoms with E-state index in [1.54, 1.807) is 0 Å². The standard InChI is InChI=1S/C28H30.C2H6.CH4/c1-5-9-19-25(18-8-4)28(24(16-6-2)17-7-3,26-20-12-10-13-21-26)27-22-14-11-15-23-27;1-2;/h5-23H,2H2,1,3-4H3;1-2H3;1H4/b9-5-,17-7-,18-8-,24-16+,25-19+;;. The van der Waals surface area contributed by atoms with Crippen LogP contribution in [0, 0.1) is 0 Å². The Morgan fingerprint density at radius 2 is 1.10 bits per heavy atom. The zero-order chi connectivity index (χ0) is 22.2. The summed E-state index contributed by atoms with van der Waals surface area (Å²) in [5, 5.41) is 0. The molecule has 2 rings (SSSR count). The normalized spacial score (nSPS) is 12.5. The maximum Gasteiger partial charge on any atom is 0.0701 e. The molecule has 0 atom stereocenters. The molecule has 0 spiro atoms.